The summed E-state index contributed by atoms with van der Waals surface area (Å²) < 4.78 is 0. The number of aliphatic carboxylic acids is 4. The number of nitrogens with zero attached hydrogens (tertiary/aromatic N) is 1. The Kier molecular flexibility index (Phi) is 32.8. The summed E-state index contributed by atoms with van der Waals surface area (Å²) in [5.74, 6) is -16.5. The molecule has 0 bridgehead atoms. The van der Waals surface area contributed by atoms with Crippen LogP contribution in [0.3, 0.4) is 0 Å². The van der Waals surface area contributed by atoms with Gasteiger partial charge in [-0.1, -0.05) is 78.3 Å². The number of amides is 9. The van der Waals surface area contributed by atoms with Crippen LogP contribution < -0.4 is 65.1 Å². The van der Waals surface area contributed by atoms with Crippen LogP contribution in [0.5, 0.6) is 0 Å². The third kappa shape index (κ3) is 28.7. The van der Waals surface area contributed by atoms with Crippen LogP contribution in [0.2, 0.25) is 0 Å². The molecule has 0 heterocycles. The zero-order valence-corrected chi connectivity index (χ0v) is 47.4. The molecular weight excluding hydrogens is 1090 g/mol. The van der Waals surface area contributed by atoms with E-state index >= 15 is 0 Å². The van der Waals surface area contributed by atoms with Gasteiger partial charge in [-0.3, -0.25) is 62.5 Å². The van der Waals surface area contributed by atoms with Crippen LogP contribution >= 0.6 is 0 Å². The summed E-state index contributed by atoms with van der Waals surface area (Å²) in [7, 11) is 0. The Labute approximate surface area is 479 Å². The topological polar surface area (TPSA) is 522 Å². The van der Waals surface area contributed by atoms with Crippen molar-refractivity contribution in [1.29, 1.82) is 0 Å². The minimum absolute atomic E-state index is 0.123. The second-order valence-corrected chi connectivity index (χ2v) is 20.4. The van der Waals surface area contributed by atoms with E-state index in [1.54, 1.807) is 58.0 Å². The van der Waals surface area contributed by atoms with E-state index in [9.17, 15) is 87.9 Å². The van der Waals surface area contributed by atoms with E-state index in [4.69, 9.17) is 17.2 Å². The van der Waals surface area contributed by atoms with Gasteiger partial charge in [0.25, 0.3) is 0 Å². The molecular formula is C52H83N13O18. The summed E-state index contributed by atoms with van der Waals surface area (Å²) in [5, 5.41) is 69.3. The summed E-state index contributed by atoms with van der Waals surface area (Å²) in [4.78, 5) is 173. The average Bonchev–Trinajstić information content (AvgIpc) is 3.47. The highest BCUT2D eigenvalue weighted by molar-refractivity contribution is 5.98. The van der Waals surface area contributed by atoms with E-state index in [0.717, 1.165) is 0 Å². The van der Waals surface area contributed by atoms with E-state index in [-0.39, 0.29) is 37.7 Å². The maximum atomic E-state index is 14.1. The molecule has 0 unspecified atom stereocenters. The standard InChI is InChI=1S/C52H83N13O18/c1-7-28(6)42(65-43(74)30(53)14-11-21-56-52(54)55)50(81)61-33(17-20-40(72)73)46(77)64-41(27(4)5)49(80)62-34(22-26(2)3)47(78)60-32(16-19-39(70)71)45(76)59-31(15-18-38(68)69)44(75)57-24-37(67)58-36(25-66)48(79)63-35(51(82)83)23-29-12-9-8-10-13-29/h8-10,12-13,26-28,30-36,41-42,66H,7,11,14-25,53H2,1-6H3,(H,57,75)(H,58,67)(H,59,76)(H,60,78)(H,61,81)(H,62,80)(H,63,79)(H,64,77)(H,65,74)(H,68,69)(H,70,71)(H,72,73)(H,82,83)(H4,54,55,56)/t28-,30-,31-,32-,33-,34-,35-,36-,41-,42-/m0/s1. The molecule has 0 fully saturated rings. The van der Waals surface area contributed by atoms with E-state index in [2.05, 4.69) is 52.8 Å². The fourth-order valence-corrected chi connectivity index (χ4v) is 7.83. The number of hydrogen-bond donors (Lipinski definition) is 17. The maximum absolute atomic E-state index is 14.1. The molecule has 83 heavy (non-hydrogen) atoms. The van der Waals surface area contributed by atoms with Gasteiger partial charge in [0.05, 0.1) is 19.2 Å². The first-order chi connectivity index (χ1) is 38.9. The summed E-state index contributed by atoms with van der Waals surface area (Å²) in [6.07, 6.45) is -3.27. The Morgan fingerprint density at radius 2 is 0.976 bits per heavy atom. The Morgan fingerprint density at radius 1 is 0.530 bits per heavy atom. The van der Waals surface area contributed by atoms with Crippen molar-refractivity contribution in [3.63, 3.8) is 0 Å². The normalized spacial score (nSPS) is 14.6. The molecule has 0 aliphatic carbocycles. The number of benzene rings is 1. The number of nitrogens with two attached hydrogens (primary N) is 3. The highest BCUT2D eigenvalue weighted by Gasteiger charge is 2.37. The molecule has 9 amide bonds. The van der Waals surface area contributed by atoms with E-state index in [1.165, 1.54) is 13.8 Å². The second-order valence-electron chi connectivity index (χ2n) is 20.4. The lowest BCUT2D eigenvalue weighted by molar-refractivity contribution is -0.142. The lowest BCUT2D eigenvalue weighted by atomic mass is 9.96. The number of carboxylic acids is 4. The largest absolute Gasteiger partial charge is 0.481 e. The smallest absolute Gasteiger partial charge is 0.326 e. The predicted molar refractivity (Wildman–Crippen MR) is 296 cm³/mol. The quantitative estimate of drug-likeness (QED) is 0.0169. The number of aliphatic imine (C=N–C) groups is 1. The Morgan fingerprint density at radius 3 is 1.45 bits per heavy atom. The number of carbonyl (C=O) groups excluding carboxylic acids is 9. The number of carbonyl (C=O) groups is 13. The monoisotopic (exact) mass is 1180 g/mol. The molecule has 0 saturated heterocycles. The van der Waals surface area contributed by atoms with Crippen LogP contribution in [0.25, 0.3) is 0 Å². The molecule has 1 aromatic carbocycles. The van der Waals surface area contributed by atoms with Crippen molar-refractivity contribution in [3.8, 4) is 0 Å². The molecule has 0 saturated carbocycles. The third-order valence-corrected chi connectivity index (χ3v) is 12.7. The molecule has 31 nitrogen and oxygen atoms in total. The van der Waals surface area contributed by atoms with Crippen molar-refractivity contribution >= 4 is 83.0 Å². The van der Waals surface area contributed by atoms with Crippen molar-refractivity contribution in [2.75, 3.05) is 19.7 Å². The molecule has 0 spiro atoms. The minimum atomic E-state index is -1.77. The van der Waals surface area contributed by atoms with Gasteiger partial charge in [0, 0.05) is 32.2 Å². The van der Waals surface area contributed by atoms with E-state index in [0.29, 0.717) is 18.4 Å². The van der Waals surface area contributed by atoms with Crippen LogP contribution in [0.15, 0.2) is 35.3 Å². The van der Waals surface area contributed by atoms with Gasteiger partial charge in [-0.2, -0.15) is 0 Å². The summed E-state index contributed by atoms with van der Waals surface area (Å²) in [6.45, 7) is 8.01. The van der Waals surface area contributed by atoms with Gasteiger partial charge in [0.15, 0.2) is 5.96 Å². The molecule has 0 aromatic heterocycles. The molecule has 464 valence electrons. The molecule has 0 aliphatic heterocycles. The first kappa shape index (κ1) is 72.5. The summed E-state index contributed by atoms with van der Waals surface area (Å²) in [6, 6.07) is -5.39. The van der Waals surface area contributed by atoms with Crippen LogP contribution in [-0.4, -0.2) is 183 Å². The minimum Gasteiger partial charge on any atom is -0.481 e. The van der Waals surface area contributed by atoms with Crippen LogP contribution in [0.4, 0.5) is 0 Å². The Balaban J connectivity index is 3.36. The first-order valence-electron chi connectivity index (χ1n) is 26.9. The number of aliphatic hydroxyl groups excluding tert-OH is 1. The van der Waals surface area contributed by atoms with Gasteiger partial charge >= 0.3 is 23.9 Å². The van der Waals surface area contributed by atoms with Gasteiger partial charge in [0.1, 0.15) is 48.3 Å². The van der Waals surface area contributed by atoms with Gasteiger partial charge in [-0.05, 0) is 61.8 Å². The van der Waals surface area contributed by atoms with Gasteiger partial charge in [-0.15, -0.1) is 0 Å². The molecule has 31 heteroatoms. The number of guanidine groups is 1. The predicted octanol–water partition coefficient (Wildman–Crippen LogP) is -3.98. The number of hydrogen-bond acceptors (Lipinski definition) is 16. The van der Waals surface area contributed by atoms with Crippen molar-refractivity contribution < 1.29 is 87.9 Å². The molecule has 0 aliphatic rings. The fraction of sp³-hybridized carbons (Fsp3) is 0.615. The number of carboxylic acid groups (broad SMARTS) is 4. The van der Waals surface area contributed by atoms with E-state index in [1.807, 2.05) is 0 Å². The number of rotatable bonds is 40. The van der Waals surface area contributed by atoms with Gasteiger partial charge in [-0.25, -0.2) is 4.79 Å². The van der Waals surface area contributed by atoms with Crippen molar-refractivity contribution in [1.82, 2.24) is 47.9 Å². The number of aliphatic hydroxyl groups is 1. The zero-order valence-electron chi connectivity index (χ0n) is 47.4. The van der Waals surface area contributed by atoms with Crippen molar-refractivity contribution in [2.24, 2.45) is 39.9 Å². The molecule has 20 N–H and O–H groups in total. The van der Waals surface area contributed by atoms with Crippen molar-refractivity contribution in [2.45, 2.75) is 167 Å². The Bertz CT molecular complexity index is 2420. The summed E-state index contributed by atoms with van der Waals surface area (Å²) >= 11 is 0. The van der Waals surface area contributed by atoms with Crippen LogP contribution in [0.1, 0.15) is 111 Å². The van der Waals surface area contributed by atoms with Gasteiger partial charge in [0.2, 0.25) is 53.2 Å². The molecule has 10 atom stereocenters. The lowest BCUT2D eigenvalue weighted by Crippen LogP contribution is -2.61. The van der Waals surface area contributed by atoms with Crippen LogP contribution in [-0.2, 0) is 68.7 Å². The van der Waals surface area contributed by atoms with Crippen LogP contribution in [0, 0.1) is 17.8 Å². The molecule has 1 rings (SSSR count). The van der Waals surface area contributed by atoms with E-state index < -0.39 is 195 Å². The number of nitrogens with one attached hydrogen (secondary N) is 9. The average molecular weight is 1180 g/mol. The lowest BCUT2D eigenvalue weighted by Gasteiger charge is -2.30. The third-order valence-electron chi connectivity index (χ3n) is 12.7. The first-order valence-corrected chi connectivity index (χ1v) is 26.9. The Hall–Kier alpha value is -8.48. The van der Waals surface area contributed by atoms with Gasteiger partial charge < -0.3 is 90.6 Å². The summed E-state index contributed by atoms with van der Waals surface area (Å²) in [5.41, 5.74) is 17.3. The fourth-order valence-electron chi connectivity index (χ4n) is 7.83. The van der Waals surface area contributed by atoms with Crippen molar-refractivity contribution in [3.05, 3.63) is 35.9 Å². The molecule has 1 aromatic rings. The highest BCUT2D eigenvalue weighted by atomic mass is 16.4. The molecule has 0 radical (unpaired) electrons. The SMILES string of the molecule is CC[C@H](C)[C@H](NC(=O)[C@@H](N)CCCN=C(N)N)C(=O)N[C@@H](CCC(=O)O)C(=O)N[C@H](C(=O)N[C@@H](CC(C)C)C(=O)N[C@@H](CCC(=O)O)C(=O)N[C@@H](CCC(=O)O)C(=O)NCC(=O)N[C@@H](CO)C(=O)N[C@@H](Cc1ccccc1)C(=O)O)C(C)C. The highest BCUT2D eigenvalue weighted by Crippen LogP contribution is 2.14. The maximum Gasteiger partial charge on any atom is 0.326 e. The second kappa shape index (κ2) is 37.5. The zero-order chi connectivity index (χ0) is 63.1.